The Hall–Kier alpha value is -3.00. The van der Waals surface area contributed by atoms with E-state index >= 15 is 0 Å². The van der Waals surface area contributed by atoms with E-state index in [-0.39, 0.29) is 16.6 Å². The first kappa shape index (κ1) is 46.5. The number of unbranched alkanes of at least 4 members (excludes halogenated alkanes) is 3. The van der Waals surface area contributed by atoms with Gasteiger partial charge in [0.05, 0.1) is 15.5 Å². The number of benzene rings is 5. The van der Waals surface area contributed by atoms with Crippen molar-refractivity contribution in [3.05, 3.63) is 155 Å². The molecular weight excluding hydrogens is 1060 g/mol. The monoisotopic (exact) mass is 1120 g/mol. The summed E-state index contributed by atoms with van der Waals surface area (Å²) in [5.74, 6) is -0.348. The number of hydrogen-bond donors (Lipinski definition) is 0. The lowest BCUT2D eigenvalue weighted by Gasteiger charge is -2.28. The van der Waals surface area contributed by atoms with Gasteiger partial charge in [0.15, 0.2) is 5.71 Å². The second kappa shape index (κ2) is 19.1. The predicted octanol–water partition coefficient (Wildman–Crippen LogP) is 15.4. The molecule has 5 aromatic carbocycles. The summed E-state index contributed by atoms with van der Waals surface area (Å²) in [6.07, 6.45) is 17.0. The molecule has 5 nitrogen and oxygen atoms in total. The fraction of sp³-hybridized carbons (Fsp3) is 0.340. The van der Waals surface area contributed by atoms with Crippen LogP contribution in [0.4, 0.5) is 11.4 Å². The molecule has 0 N–H and O–H groups in total. The zero-order chi connectivity index (χ0) is 44.7. The average Bonchev–Trinajstić information content (AvgIpc) is 3.59. The van der Waals surface area contributed by atoms with E-state index in [1.807, 2.05) is 11.8 Å². The second-order valence-electron chi connectivity index (χ2n) is 18.1. The lowest BCUT2D eigenvalue weighted by Crippen LogP contribution is -2.28. The molecule has 0 spiro atoms. The van der Waals surface area contributed by atoms with E-state index in [0.717, 1.165) is 46.9 Å². The summed E-state index contributed by atoms with van der Waals surface area (Å²) in [5, 5.41) is 4.96. The Balaban J connectivity index is 1.24. The zero-order valence-corrected chi connectivity index (χ0v) is 43.7. The maximum absolute atomic E-state index is 11.6. The fourth-order valence-electron chi connectivity index (χ4n) is 10.0. The summed E-state index contributed by atoms with van der Waals surface area (Å²) >= 11 is 11.7. The van der Waals surface area contributed by atoms with Crippen molar-refractivity contribution < 1.29 is 17.5 Å². The highest BCUT2D eigenvalue weighted by Gasteiger charge is 2.46. The summed E-state index contributed by atoms with van der Waals surface area (Å²) in [7, 11) is -4.28. The number of allylic oxidation sites excluding steroid dienone is 7. The summed E-state index contributed by atoms with van der Waals surface area (Å²) in [4.78, 5) is 4.94. The van der Waals surface area contributed by atoms with Crippen LogP contribution in [-0.4, -0.2) is 42.1 Å². The molecule has 8 rings (SSSR count). The molecule has 2 aliphatic heterocycles. The number of hydrogen-bond acceptors (Lipinski definition) is 5. The second-order valence-corrected chi connectivity index (χ2v) is 23.7. The average molecular weight is 1120 g/mol. The van der Waals surface area contributed by atoms with Crippen molar-refractivity contribution in [2.75, 3.05) is 23.7 Å². The van der Waals surface area contributed by atoms with E-state index in [0.29, 0.717) is 19.4 Å². The molecule has 63 heavy (non-hydrogen) atoms. The van der Waals surface area contributed by atoms with Gasteiger partial charge in [0.1, 0.15) is 6.54 Å². The molecule has 0 atom stereocenters. The lowest BCUT2D eigenvalue weighted by molar-refractivity contribution is -0.438. The standard InChI is InChI=1S/C53H55Br2IN2O3S2/c1-6-7-10-30-57-44-26-18-37-33-39(54)22-24-41(37)49(44)52(2,3)47(57)28-20-35-14-13-15-36(51(35)62-46-17-9-8-16-43(46)56)21-29-48-53(4,5)50-42-25-23-40(55)34-38(42)19-27-45(50)58(48)31-11-12-32-63(59,60)61/h8-9,16-29,33-34H,6-7,10-15,30-32H2,1-5H3. The van der Waals surface area contributed by atoms with Gasteiger partial charge in [-0.25, -0.2) is 8.42 Å². The van der Waals surface area contributed by atoms with Gasteiger partial charge in [-0.2, -0.15) is 4.58 Å². The molecule has 0 saturated carbocycles. The van der Waals surface area contributed by atoms with Crippen LogP contribution in [0.2, 0.25) is 0 Å². The Labute approximate surface area is 409 Å². The van der Waals surface area contributed by atoms with Crippen molar-refractivity contribution in [2.45, 2.75) is 102 Å². The van der Waals surface area contributed by atoms with Crippen LogP contribution in [0, 0.1) is 3.57 Å². The van der Waals surface area contributed by atoms with Crippen molar-refractivity contribution >= 4 is 115 Å². The summed E-state index contributed by atoms with van der Waals surface area (Å²) in [5.41, 5.74) is 9.81. The van der Waals surface area contributed by atoms with E-state index < -0.39 is 10.1 Å². The quantitative estimate of drug-likeness (QED) is 0.0480. The largest absolute Gasteiger partial charge is 0.748 e. The lowest BCUT2D eigenvalue weighted by atomic mass is 9.78. The molecule has 0 unspecified atom stereocenters. The molecule has 0 fully saturated rings. The number of halogens is 3. The highest BCUT2D eigenvalue weighted by atomic mass is 127. The van der Waals surface area contributed by atoms with Crippen LogP contribution in [0.25, 0.3) is 21.5 Å². The minimum absolute atomic E-state index is 0.198. The van der Waals surface area contributed by atoms with Gasteiger partial charge < -0.3 is 9.45 Å². The summed E-state index contributed by atoms with van der Waals surface area (Å²) in [6, 6.07) is 30.9. The minimum atomic E-state index is -4.28. The molecular formula is C53H55Br2IN2O3S2. The molecule has 328 valence electrons. The van der Waals surface area contributed by atoms with E-state index in [1.165, 1.54) is 87.1 Å². The third kappa shape index (κ3) is 9.64. The van der Waals surface area contributed by atoms with Gasteiger partial charge >= 0.3 is 0 Å². The van der Waals surface area contributed by atoms with E-state index in [2.05, 4.69) is 208 Å². The van der Waals surface area contributed by atoms with Crippen LogP contribution >= 0.6 is 66.2 Å². The fourth-order valence-corrected chi connectivity index (χ4v) is 13.2. The van der Waals surface area contributed by atoms with Crippen molar-refractivity contribution in [3.8, 4) is 0 Å². The maximum atomic E-state index is 11.6. The van der Waals surface area contributed by atoms with Gasteiger partial charge in [-0.3, -0.25) is 0 Å². The predicted molar refractivity (Wildman–Crippen MR) is 281 cm³/mol. The first-order valence-electron chi connectivity index (χ1n) is 22.2. The van der Waals surface area contributed by atoms with Crippen molar-refractivity contribution in [1.82, 2.24) is 0 Å². The first-order valence-corrected chi connectivity index (χ1v) is 27.2. The van der Waals surface area contributed by atoms with Gasteiger partial charge in [0, 0.05) is 75.5 Å². The topological polar surface area (TPSA) is 63.5 Å². The molecule has 0 bridgehead atoms. The minimum Gasteiger partial charge on any atom is -0.748 e. The van der Waals surface area contributed by atoms with E-state index in [1.54, 1.807) is 0 Å². The van der Waals surface area contributed by atoms with Crippen LogP contribution in [0.5, 0.6) is 0 Å². The Morgan fingerprint density at radius 3 is 2.21 bits per heavy atom. The van der Waals surface area contributed by atoms with Gasteiger partial charge in [0.25, 0.3) is 0 Å². The van der Waals surface area contributed by atoms with Crippen LogP contribution in [0.1, 0.15) is 97.1 Å². The number of nitrogens with zero attached hydrogens (tertiary/aromatic N) is 2. The summed E-state index contributed by atoms with van der Waals surface area (Å²) in [6.45, 7) is 13.3. The third-order valence-electron chi connectivity index (χ3n) is 13.0. The Bertz CT molecular complexity index is 2890. The zero-order valence-electron chi connectivity index (χ0n) is 36.7. The Kier molecular flexibility index (Phi) is 14.1. The van der Waals surface area contributed by atoms with Gasteiger partial charge in [0.2, 0.25) is 5.69 Å². The number of rotatable bonds is 14. The Morgan fingerprint density at radius 1 is 0.810 bits per heavy atom. The molecule has 0 aromatic heterocycles. The van der Waals surface area contributed by atoms with Gasteiger partial charge in [-0.15, -0.1) is 0 Å². The van der Waals surface area contributed by atoms with Crippen LogP contribution < -0.4 is 4.90 Å². The molecule has 0 saturated heterocycles. The van der Waals surface area contributed by atoms with Crippen LogP contribution in [0.15, 0.2) is 145 Å². The molecule has 5 aromatic rings. The Morgan fingerprint density at radius 2 is 1.51 bits per heavy atom. The highest BCUT2D eigenvalue weighted by molar-refractivity contribution is 14.1. The molecule has 2 heterocycles. The molecule has 1 aliphatic carbocycles. The maximum Gasteiger partial charge on any atom is 0.210 e. The normalized spacial score (nSPS) is 18.5. The van der Waals surface area contributed by atoms with Gasteiger partial charge in [-0.05, 0) is 168 Å². The van der Waals surface area contributed by atoms with Crippen molar-refractivity contribution in [1.29, 1.82) is 0 Å². The number of thioether (sulfide) groups is 1. The van der Waals surface area contributed by atoms with Gasteiger partial charge in [-0.1, -0.05) is 113 Å². The molecule has 0 amide bonds. The van der Waals surface area contributed by atoms with E-state index in [4.69, 9.17) is 0 Å². The third-order valence-corrected chi connectivity index (χ3v) is 17.4. The summed E-state index contributed by atoms with van der Waals surface area (Å²) < 4.78 is 40.7. The SMILES string of the molecule is CCCCC[N+]1=C(/C=C/C2=C(Sc3ccccc3I)C(=C/C=C3/N(CCCCS(=O)(=O)[O-])c4ccc5cc(Br)ccc5c4C3(C)C)/CCC2)C(C)(C)c2c1ccc1cc(Br)ccc21. The number of fused-ring (bicyclic) bond motifs is 6. The first-order chi connectivity index (χ1) is 30.1. The molecule has 0 radical (unpaired) electrons. The molecule has 3 aliphatic rings. The van der Waals surface area contributed by atoms with Crippen LogP contribution in [-0.2, 0) is 20.9 Å². The van der Waals surface area contributed by atoms with Crippen molar-refractivity contribution in [2.24, 2.45) is 0 Å². The smallest absolute Gasteiger partial charge is 0.210 e. The van der Waals surface area contributed by atoms with Crippen molar-refractivity contribution in [3.63, 3.8) is 0 Å². The van der Waals surface area contributed by atoms with E-state index in [9.17, 15) is 13.0 Å². The van der Waals surface area contributed by atoms with Crippen LogP contribution in [0.3, 0.4) is 0 Å². The highest BCUT2D eigenvalue weighted by Crippen LogP contribution is 2.52. The molecule has 10 heteroatoms. The number of anilines is 1.